The van der Waals surface area contributed by atoms with Crippen molar-refractivity contribution >= 4 is 5.69 Å². The van der Waals surface area contributed by atoms with E-state index in [4.69, 9.17) is 0 Å². The van der Waals surface area contributed by atoms with Crippen LogP contribution in [-0.2, 0) is 0 Å². The van der Waals surface area contributed by atoms with E-state index in [9.17, 15) is 18.9 Å². The lowest BCUT2D eigenvalue weighted by atomic mass is 10.2. The van der Waals surface area contributed by atoms with Crippen molar-refractivity contribution in [3.63, 3.8) is 0 Å². The first kappa shape index (κ1) is 8.58. The molecule has 0 aliphatic rings. The van der Waals surface area contributed by atoms with Gasteiger partial charge >= 0.3 is 5.69 Å². The maximum atomic E-state index is 12.7. The zero-order valence-electron chi connectivity index (χ0n) is 6.17. The molecule has 1 rings (SSSR count). The standard InChI is InChI=1S/C7H5F2NO2/c1-4-5(8)2-3-6(9)7(4)10(11)12/h2-3H,1H3. The Bertz CT molecular complexity index is 338. The molecule has 0 spiro atoms. The van der Waals surface area contributed by atoms with Crippen molar-refractivity contribution in [2.45, 2.75) is 6.92 Å². The Kier molecular flexibility index (Phi) is 2.03. The Labute approximate surface area is 66.8 Å². The van der Waals surface area contributed by atoms with Gasteiger partial charge in [0, 0.05) is 0 Å². The van der Waals surface area contributed by atoms with Crippen LogP contribution in [0.25, 0.3) is 0 Å². The summed E-state index contributed by atoms with van der Waals surface area (Å²) in [4.78, 5) is 9.26. The zero-order chi connectivity index (χ0) is 9.30. The lowest BCUT2D eigenvalue weighted by Crippen LogP contribution is -1.97. The molecule has 0 amide bonds. The number of benzene rings is 1. The molecule has 12 heavy (non-hydrogen) atoms. The van der Waals surface area contributed by atoms with Gasteiger partial charge in [-0.25, -0.2) is 4.39 Å². The molecule has 0 fully saturated rings. The summed E-state index contributed by atoms with van der Waals surface area (Å²) in [6, 6.07) is 1.60. The fourth-order valence-corrected chi connectivity index (χ4v) is 0.867. The van der Waals surface area contributed by atoms with Crippen molar-refractivity contribution in [3.05, 3.63) is 39.4 Å². The van der Waals surface area contributed by atoms with Gasteiger partial charge < -0.3 is 0 Å². The lowest BCUT2D eigenvalue weighted by molar-refractivity contribution is -0.388. The monoisotopic (exact) mass is 173 g/mol. The molecule has 0 radical (unpaired) electrons. The van der Waals surface area contributed by atoms with Gasteiger partial charge in [0.25, 0.3) is 0 Å². The number of hydrogen-bond acceptors (Lipinski definition) is 2. The van der Waals surface area contributed by atoms with Gasteiger partial charge in [0.15, 0.2) is 0 Å². The van der Waals surface area contributed by atoms with E-state index in [1.165, 1.54) is 0 Å². The maximum Gasteiger partial charge on any atom is 0.310 e. The molecule has 64 valence electrons. The summed E-state index contributed by atoms with van der Waals surface area (Å²) in [6.45, 7) is 1.16. The van der Waals surface area contributed by atoms with Gasteiger partial charge in [-0.3, -0.25) is 10.1 Å². The SMILES string of the molecule is Cc1c(F)ccc(F)c1[N+](=O)[O-]. The predicted octanol–water partition coefficient (Wildman–Crippen LogP) is 2.18. The van der Waals surface area contributed by atoms with E-state index in [1.54, 1.807) is 0 Å². The van der Waals surface area contributed by atoms with Crippen LogP contribution in [0.3, 0.4) is 0 Å². The summed E-state index contributed by atoms with van der Waals surface area (Å²) in [5.41, 5.74) is -1.07. The van der Waals surface area contributed by atoms with Crippen LogP contribution in [0.1, 0.15) is 5.56 Å². The molecular formula is C7H5F2NO2. The normalized spacial score (nSPS) is 9.92. The first-order chi connectivity index (χ1) is 5.54. The fraction of sp³-hybridized carbons (Fsp3) is 0.143. The highest BCUT2D eigenvalue weighted by Crippen LogP contribution is 2.23. The molecule has 1 aromatic rings. The third kappa shape index (κ3) is 1.25. The minimum Gasteiger partial charge on any atom is -0.258 e. The molecule has 0 saturated heterocycles. The van der Waals surface area contributed by atoms with Crippen LogP contribution in [0, 0.1) is 28.7 Å². The van der Waals surface area contributed by atoms with Gasteiger partial charge in [0.1, 0.15) is 5.82 Å². The van der Waals surface area contributed by atoms with Gasteiger partial charge in [-0.15, -0.1) is 0 Å². The first-order valence-corrected chi connectivity index (χ1v) is 3.13. The molecule has 0 atom stereocenters. The Morgan fingerprint density at radius 2 is 1.83 bits per heavy atom. The molecular weight excluding hydrogens is 168 g/mol. The largest absolute Gasteiger partial charge is 0.310 e. The van der Waals surface area contributed by atoms with Crippen LogP contribution in [-0.4, -0.2) is 4.92 Å². The lowest BCUT2D eigenvalue weighted by Gasteiger charge is -1.98. The Morgan fingerprint density at radius 3 is 2.25 bits per heavy atom. The number of nitrogens with zero attached hydrogens (tertiary/aromatic N) is 1. The molecule has 3 nitrogen and oxygen atoms in total. The van der Waals surface area contributed by atoms with Gasteiger partial charge in [-0.1, -0.05) is 0 Å². The second kappa shape index (κ2) is 2.84. The average molecular weight is 173 g/mol. The summed E-state index contributed by atoms with van der Waals surface area (Å²) in [5, 5.41) is 10.2. The minimum absolute atomic E-state index is 0.278. The molecule has 0 bridgehead atoms. The van der Waals surface area contributed by atoms with E-state index in [0.29, 0.717) is 0 Å². The summed E-state index contributed by atoms with van der Waals surface area (Å²) in [7, 11) is 0. The van der Waals surface area contributed by atoms with E-state index in [0.717, 1.165) is 19.1 Å². The molecule has 0 heterocycles. The van der Waals surface area contributed by atoms with Crippen molar-refractivity contribution < 1.29 is 13.7 Å². The zero-order valence-corrected chi connectivity index (χ0v) is 6.17. The van der Waals surface area contributed by atoms with E-state index in [2.05, 4.69) is 0 Å². The smallest absolute Gasteiger partial charge is 0.258 e. The molecule has 0 aliphatic carbocycles. The van der Waals surface area contributed by atoms with Crippen LogP contribution < -0.4 is 0 Å². The Balaban J connectivity index is 3.43. The van der Waals surface area contributed by atoms with Crippen LogP contribution in [0.15, 0.2) is 12.1 Å². The van der Waals surface area contributed by atoms with Gasteiger partial charge in [-0.05, 0) is 19.1 Å². The fourth-order valence-electron chi connectivity index (χ4n) is 0.867. The van der Waals surface area contributed by atoms with E-state index < -0.39 is 22.2 Å². The number of hydrogen-bond donors (Lipinski definition) is 0. The molecule has 0 N–H and O–H groups in total. The van der Waals surface area contributed by atoms with E-state index in [1.807, 2.05) is 0 Å². The van der Waals surface area contributed by atoms with Crippen molar-refractivity contribution in [1.29, 1.82) is 0 Å². The van der Waals surface area contributed by atoms with Crippen molar-refractivity contribution in [2.24, 2.45) is 0 Å². The Hall–Kier alpha value is -1.52. The number of halogens is 2. The summed E-state index contributed by atoms with van der Waals surface area (Å²) < 4.78 is 25.3. The highest BCUT2D eigenvalue weighted by Gasteiger charge is 2.19. The molecule has 1 aromatic carbocycles. The summed E-state index contributed by atoms with van der Waals surface area (Å²) in [5.74, 6) is -1.79. The van der Waals surface area contributed by atoms with Crippen molar-refractivity contribution in [1.82, 2.24) is 0 Å². The number of nitro benzene ring substituents is 1. The molecule has 5 heteroatoms. The highest BCUT2D eigenvalue weighted by molar-refractivity contribution is 5.41. The molecule has 0 aliphatic heterocycles. The van der Waals surface area contributed by atoms with E-state index >= 15 is 0 Å². The second-order valence-corrected chi connectivity index (χ2v) is 2.26. The topological polar surface area (TPSA) is 43.1 Å². The van der Waals surface area contributed by atoms with Crippen molar-refractivity contribution in [2.75, 3.05) is 0 Å². The Morgan fingerprint density at radius 1 is 1.33 bits per heavy atom. The summed E-state index contributed by atoms with van der Waals surface area (Å²) in [6.07, 6.45) is 0. The first-order valence-electron chi connectivity index (χ1n) is 3.13. The second-order valence-electron chi connectivity index (χ2n) is 2.26. The molecule has 0 unspecified atom stereocenters. The molecule has 0 aromatic heterocycles. The number of rotatable bonds is 1. The van der Waals surface area contributed by atoms with Crippen LogP contribution in [0.2, 0.25) is 0 Å². The van der Waals surface area contributed by atoms with Gasteiger partial charge in [-0.2, -0.15) is 4.39 Å². The van der Waals surface area contributed by atoms with Gasteiger partial charge in [0.05, 0.1) is 10.5 Å². The number of nitro groups is 1. The third-order valence-corrected chi connectivity index (χ3v) is 1.50. The third-order valence-electron chi connectivity index (χ3n) is 1.50. The quantitative estimate of drug-likeness (QED) is 0.482. The summed E-state index contributed by atoms with van der Waals surface area (Å²) >= 11 is 0. The van der Waals surface area contributed by atoms with Crippen molar-refractivity contribution in [3.8, 4) is 0 Å². The van der Waals surface area contributed by atoms with Crippen LogP contribution >= 0.6 is 0 Å². The van der Waals surface area contributed by atoms with Crippen LogP contribution in [0.4, 0.5) is 14.5 Å². The highest BCUT2D eigenvalue weighted by atomic mass is 19.1. The van der Waals surface area contributed by atoms with Crippen LogP contribution in [0.5, 0.6) is 0 Å². The molecule has 0 saturated carbocycles. The maximum absolute atomic E-state index is 12.7. The van der Waals surface area contributed by atoms with Gasteiger partial charge in [0.2, 0.25) is 5.82 Å². The minimum atomic E-state index is -1.01. The van der Waals surface area contributed by atoms with E-state index in [-0.39, 0.29) is 5.56 Å². The predicted molar refractivity (Wildman–Crippen MR) is 37.7 cm³/mol. The average Bonchev–Trinajstić information content (AvgIpc) is 1.97.